The second kappa shape index (κ2) is 6.91. The van der Waals surface area contributed by atoms with Crippen LogP contribution in [0.25, 0.3) is 0 Å². The van der Waals surface area contributed by atoms with Gasteiger partial charge in [0.15, 0.2) is 0 Å². The third-order valence-electron chi connectivity index (χ3n) is 4.67. The van der Waals surface area contributed by atoms with Gasteiger partial charge in [-0.3, -0.25) is 4.90 Å². The van der Waals surface area contributed by atoms with Gasteiger partial charge in [0.2, 0.25) is 0 Å². The highest BCUT2D eigenvalue weighted by atomic mass is 15.3. The number of rotatable bonds is 6. The van der Waals surface area contributed by atoms with E-state index in [1.54, 1.807) is 0 Å². The third-order valence-corrected chi connectivity index (χ3v) is 4.67. The van der Waals surface area contributed by atoms with Gasteiger partial charge in [0, 0.05) is 31.2 Å². The molecule has 2 unspecified atom stereocenters. The van der Waals surface area contributed by atoms with Crippen LogP contribution in [0.1, 0.15) is 60.8 Å². The largest absolute Gasteiger partial charge is 0.311 e. The summed E-state index contributed by atoms with van der Waals surface area (Å²) < 4.78 is 0. The zero-order chi connectivity index (χ0) is 13.8. The van der Waals surface area contributed by atoms with Crippen molar-refractivity contribution in [3.05, 3.63) is 0 Å². The van der Waals surface area contributed by atoms with Gasteiger partial charge >= 0.3 is 0 Å². The Kier molecular flexibility index (Phi) is 6.13. The van der Waals surface area contributed by atoms with Gasteiger partial charge < -0.3 is 5.32 Å². The van der Waals surface area contributed by atoms with Crippen molar-refractivity contribution in [1.82, 2.24) is 10.2 Å². The Balaban J connectivity index is 2.67. The average Bonchev–Trinajstić information content (AvgIpc) is 2.29. The zero-order valence-electron chi connectivity index (χ0n) is 13.4. The molecule has 18 heavy (non-hydrogen) atoms. The molecule has 0 spiro atoms. The highest BCUT2D eigenvalue weighted by Crippen LogP contribution is 2.28. The Morgan fingerprint density at radius 3 is 2.33 bits per heavy atom. The van der Waals surface area contributed by atoms with E-state index in [2.05, 4.69) is 51.8 Å². The molecule has 1 aliphatic rings. The topological polar surface area (TPSA) is 15.3 Å². The first-order chi connectivity index (χ1) is 8.43. The Labute approximate surface area is 115 Å². The standard InChI is InChI=1S/C16H34N2/c1-7-16(8-2)12-17-15(6)11-18(16)10-14(5)9-13(3)4/h13-15,17H,7-12H2,1-6H3. The van der Waals surface area contributed by atoms with Crippen molar-refractivity contribution in [1.29, 1.82) is 0 Å². The number of nitrogens with one attached hydrogen (secondary N) is 1. The minimum absolute atomic E-state index is 0.401. The van der Waals surface area contributed by atoms with Crippen molar-refractivity contribution in [2.24, 2.45) is 11.8 Å². The maximum absolute atomic E-state index is 3.68. The monoisotopic (exact) mass is 254 g/mol. The van der Waals surface area contributed by atoms with E-state index in [9.17, 15) is 0 Å². The fraction of sp³-hybridized carbons (Fsp3) is 1.00. The van der Waals surface area contributed by atoms with Crippen LogP contribution in [0.4, 0.5) is 0 Å². The van der Waals surface area contributed by atoms with Crippen LogP contribution in [0.15, 0.2) is 0 Å². The first-order valence-corrected chi connectivity index (χ1v) is 7.92. The van der Waals surface area contributed by atoms with Crippen molar-refractivity contribution < 1.29 is 0 Å². The molecular formula is C16H34N2. The molecule has 2 atom stereocenters. The second-order valence-electron chi connectivity index (χ2n) is 6.85. The summed E-state index contributed by atoms with van der Waals surface area (Å²) in [5, 5.41) is 3.68. The maximum atomic E-state index is 3.68. The molecule has 0 aromatic rings. The lowest BCUT2D eigenvalue weighted by Gasteiger charge is -2.50. The van der Waals surface area contributed by atoms with Gasteiger partial charge in [-0.15, -0.1) is 0 Å². The summed E-state index contributed by atoms with van der Waals surface area (Å²) in [6.07, 6.45) is 3.87. The number of piperazine rings is 1. The van der Waals surface area contributed by atoms with Crippen molar-refractivity contribution in [3.8, 4) is 0 Å². The Hall–Kier alpha value is -0.0800. The van der Waals surface area contributed by atoms with Crippen molar-refractivity contribution in [3.63, 3.8) is 0 Å². The van der Waals surface area contributed by atoms with E-state index in [4.69, 9.17) is 0 Å². The summed E-state index contributed by atoms with van der Waals surface area (Å²) in [6.45, 7) is 17.7. The number of hydrogen-bond donors (Lipinski definition) is 1. The summed E-state index contributed by atoms with van der Waals surface area (Å²) in [7, 11) is 0. The molecule has 0 aromatic heterocycles. The lowest BCUT2D eigenvalue weighted by Crippen LogP contribution is -2.64. The van der Waals surface area contributed by atoms with E-state index in [-0.39, 0.29) is 0 Å². The average molecular weight is 254 g/mol. The Morgan fingerprint density at radius 1 is 1.22 bits per heavy atom. The predicted molar refractivity (Wildman–Crippen MR) is 81.0 cm³/mol. The van der Waals surface area contributed by atoms with E-state index < -0.39 is 0 Å². The zero-order valence-corrected chi connectivity index (χ0v) is 13.4. The molecule has 2 nitrogen and oxygen atoms in total. The van der Waals surface area contributed by atoms with Gasteiger partial charge in [-0.25, -0.2) is 0 Å². The summed E-state index contributed by atoms with van der Waals surface area (Å²) in [5.41, 5.74) is 0.401. The SMILES string of the molecule is CCC1(CC)CNC(C)CN1CC(C)CC(C)C. The Bertz CT molecular complexity index is 233. The molecule has 1 rings (SSSR count). The van der Waals surface area contributed by atoms with Crippen LogP contribution in [-0.4, -0.2) is 36.1 Å². The normalized spacial score (nSPS) is 26.5. The van der Waals surface area contributed by atoms with Gasteiger partial charge in [-0.1, -0.05) is 34.6 Å². The first-order valence-electron chi connectivity index (χ1n) is 7.92. The summed E-state index contributed by atoms with van der Waals surface area (Å²) in [4.78, 5) is 2.78. The molecular weight excluding hydrogens is 220 g/mol. The highest BCUT2D eigenvalue weighted by molar-refractivity contribution is 4.96. The van der Waals surface area contributed by atoms with Crippen LogP contribution in [0, 0.1) is 11.8 Å². The summed E-state index contributed by atoms with van der Waals surface area (Å²) in [5.74, 6) is 1.63. The fourth-order valence-corrected chi connectivity index (χ4v) is 3.54. The summed E-state index contributed by atoms with van der Waals surface area (Å²) in [6, 6.07) is 0.641. The molecule has 1 aliphatic heterocycles. The van der Waals surface area contributed by atoms with Gasteiger partial charge in [-0.05, 0) is 38.0 Å². The van der Waals surface area contributed by atoms with Crippen LogP contribution < -0.4 is 5.32 Å². The van der Waals surface area contributed by atoms with Crippen LogP contribution in [0.5, 0.6) is 0 Å². The van der Waals surface area contributed by atoms with Crippen LogP contribution in [0.2, 0.25) is 0 Å². The molecule has 0 bridgehead atoms. The minimum atomic E-state index is 0.401. The highest BCUT2D eigenvalue weighted by Gasteiger charge is 2.37. The van der Waals surface area contributed by atoms with Crippen LogP contribution in [-0.2, 0) is 0 Å². The third kappa shape index (κ3) is 3.96. The summed E-state index contributed by atoms with van der Waals surface area (Å²) >= 11 is 0. The molecule has 0 radical (unpaired) electrons. The minimum Gasteiger partial charge on any atom is -0.311 e. The quantitative estimate of drug-likeness (QED) is 0.780. The molecule has 2 heteroatoms. The van der Waals surface area contributed by atoms with Gasteiger partial charge in [0.25, 0.3) is 0 Å². The number of nitrogens with zero attached hydrogens (tertiary/aromatic N) is 1. The lowest BCUT2D eigenvalue weighted by atomic mass is 9.85. The molecule has 0 amide bonds. The van der Waals surface area contributed by atoms with E-state index in [0.29, 0.717) is 11.6 Å². The van der Waals surface area contributed by atoms with Crippen LogP contribution in [0.3, 0.4) is 0 Å². The smallest absolute Gasteiger partial charge is 0.0329 e. The fourth-order valence-electron chi connectivity index (χ4n) is 3.54. The molecule has 1 fully saturated rings. The van der Waals surface area contributed by atoms with E-state index in [0.717, 1.165) is 18.4 Å². The van der Waals surface area contributed by atoms with E-state index in [1.807, 2.05) is 0 Å². The van der Waals surface area contributed by atoms with Gasteiger partial charge in [0.05, 0.1) is 0 Å². The Morgan fingerprint density at radius 2 is 1.83 bits per heavy atom. The first kappa shape index (κ1) is 16.0. The molecule has 108 valence electrons. The molecule has 0 saturated carbocycles. The lowest BCUT2D eigenvalue weighted by molar-refractivity contribution is 0.0214. The van der Waals surface area contributed by atoms with Crippen molar-refractivity contribution in [2.45, 2.75) is 72.4 Å². The van der Waals surface area contributed by atoms with Gasteiger partial charge in [-0.2, -0.15) is 0 Å². The number of hydrogen-bond acceptors (Lipinski definition) is 2. The van der Waals surface area contributed by atoms with Gasteiger partial charge in [0.1, 0.15) is 0 Å². The van der Waals surface area contributed by atoms with Crippen molar-refractivity contribution in [2.75, 3.05) is 19.6 Å². The molecule has 1 heterocycles. The molecule has 1 N–H and O–H groups in total. The van der Waals surface area contributed by atoms with E-state index >= 15 is 0 Å². The van der Waals surface area contributed by atoms with Crippen molar-refractivity contribution >= 4 is 0 Å². The molecule has 0 aromatic carbocycles. The molecule has 0 aliphatic carbocycles. The predicted octanol–water partition coefficient (Wildman–Crippen LogP) is 3.52. The van der Waals surface area contributed by atoms with E-state index in [1.165, 1.54) is 32.4 Å². The molecule has 1 saturated heterocycles. The maximum Gasteiger partial charge on any atom is 0.0329 e. The van der Waals surface area contributed by atoms with Crippen LogP contribution >= 0.6 is 0 Å². The second-order valence-corrected chi connectivity index (χ2v) is 6.85.